The lowest BCUT2D eigenvalue weighted by Crippen LogP contribution is -2.01. The highest BCUT2D eigenvalue weighted by atomic mass is 35.5. The molecule has 1 N–H and O–H groups in total. The maximum Gasteiger partial charge on any atom is 0.138 e. The number of ether oxygens (including phenoxy) is 1. The first-order valence-electron chi connectivity index (χ1n) is 7.73. The predicted molar refractivity (Wildman–Crippen MR) is 92.8 cm³/mol. The summed E-state index contributed by atoms with van der Waals surface area (Å²) in [6.07, 6.45) is 3.30. The second-order valence-corrected chi connectivity index (χ2v) is 6.25. The van der Waals surface area contributed by atoms with Crippen LogP contribution in [0.15, 0.2) is 48.8 Å². The van der Waals surface area contributed by atoms with Gasteiger partial charge in [0.25, 0.3) is 0 Å². The molecule has 4 nitrogen and oxygen atoms in total. The first-order chi connectivity index (χ1) is 11.7. The van der Waals surface area contributed by atoms with E-state index in [1.807, 2.05) is 30.3 Å². The first kappa shape index (κ1) is 15.1. The maximum atomic E-state index is 12.9. The minimum absolute atomic E-state index is 0.0489. The van der Waals surface area contributed by atoms with Crippen molar-refractivity contribution in [1.29, 1.82) is 0 Å². The van der Waals surface area contributed by atoms with Crippen LogP contribution >= 0.6 is 11.6 Å². The molecule has 2 aromatic heterocycles. The Kier molecular flexibility index (Phi) is 3.94. The molecule has 0 radical (unpaired) electrons. The van der Waals surface area contributed by atoms with E-state index in [4.69, 9.17) is 16.3 Å². The van der Waals surface area contributed by atoms with Gasteiger partial charge in [-0.25, -0.2) is 14.4 Å². The van der Waals surface area contributed by atoms with Crippen LogP contribution in [0.1, 0.15) is 6.42 Å². The SMILES string of the molecule is F[C@H]1C[C@H]1COc1ccc2c(Nc3ccc(Cl)nc3)nccc2c1. The highest BCUT2D eigenvalue weighted by Crippen LogP contribution is 2.34. The number of benzene rings is 1. The maximum absolute atomic E-state index is 12.9. The molecule has 4 rings (SSSR count). The molecular weight excluding hydrogens is 329 g/mol. The largest absolute Gasteiger partial charge is 0.493 e. The zero-order valence-corrected chi connectivity index (χ0v) is 13.5. The van der Waals surface area contributed by atoms with Crippen LogP contribution in [0.3, 0.4) is 0 Å². The number of pyridine rings is 2. The average molecular weight is 344 g/mol. The van der Waals surface area contributed by atoms with Gasteiger partial charge in [0.15, 0.2) is 0 Å². The molecule has 1 fully saturated rings. The molecule has 0 spiro atoms. The second-order valence-electron chi connectivity index (χ2n) is 5.86. The Morgan fingerprint density at radius 3 is 2.83 bits per heavy atom. The van der Waals surface area contributed by atoms with Crippen molar-refractivity contribution in [3.63, 3.8) is 0 Å². The number of halogens is 2. The minimum Gasteiger partial charge on any atom is -0.493 e. The lowest BCUT2D eigenvalue weighted by molar-refractivity contribution is 0.279. The molecule has 122 valence electrons. The standard InChI is InChI=1S/C18H15ClFN3O/c19-17-4-1-13(9-22-17)23-18-15-3-2-14(7-11(15)5-6-21-18)24-10-12-8-16(12)20/h1-7,9,12,16H,8,10H2,(H,21,23)/t12-,16-/m0/s1. The number of fused-ring (bicyclic) bond motifs is 1. The van der Waals surface area contributed by atoms with Crippen LogP contribution in [0.5, 0.6) is 5.75 Å². The van der Waals surface area contributed by atoms with Gasteiger partial charge in [-0.1, -0.05) is 11.6 Å². The van der Waals surface area contributed by atoms with Crippen molar-refractivity contribution in [3.8, 4) is 5.75 Å². The molecule has 24 heavy (non-hydrogen) atoms. The van der Waals surface area contributed by atoms with Crippen molar-refractivity contribution in [3.05, 3.63) is 53.9 Å². The van der Waals surface area contributed by atoms with Crippen molar-refractivity contribution >= 4 is 33.9 Å². The number of nitrogens with zero attached hydrogens (tertiary/aromatic N) is 2. The summed E-state index contributed by atoms with van der Waals surface area (Å²) in [5, 5.41) is 5.65. The minimum atomic E-state index is -0.696. The van der Waals surface area contributed by atoms with Crippen LogP contribution in [0.4, 0.5) is 15.9 Å². The van der Waals surface area contributed by atoms with Crippen molar-refractivity contribution in [1.82, 2.24) is 9.97 Å². The van der Waals surface area contributed by atoms with Gasteiger partial charge >= 0.3 is 0 Å². The lowest BCUT2D eigenvalue weighted by atomic mass is 10.1. The average Bonchev–Trinajstić information content (AvgIpc) is 3.30. The van der Waals surface area contributed by atoms with Gasteiger partial charge in [0.2, 0.25) is 0 Å². The number of hydrogen-bond acceptors (Lipinski definition) is 4. The zero-order valence-electron chi connectivity index (χ0n) is 12.7. The third kappa shape index (κ3) is 3.26. The highest BCUT2D eigenvalue weighted by Gasteiger charge is 2.37. The Morgan fingerprint density at radius 2 is 2.08 bits per heavy atom. The summed E-state index contributed by atoms with van der Waals surface area (Å²) in [5.41, 5.74) is 0.808. The Labute approximate surface area is 143 Å². The normalized spacial score (nSPS) is 19.2. The van der Waals surface area contributed by atoms with Crippen LogP contribution in [-0.2, 0) is 0 Å². The molecule has 0 saturated heterocycles. The Balaban J connectivity index is 1.56. The van der Waals surface area contributed by atoms with E-state index >= 15 is 0 Å². The molecule has 1 saturated carbocycles. The van der Waals surface area contributed by atoms with Gasteiger partial charge in [0, 0.05) is 17.5 Å². The molecule has 6 heteroatoms. The van der Waals surface area contributed by atoms with E-state index in [1.165, 1.54) is 0 Å². The van der Waals surface area contributed by atoms with Gasteiger partial charge < -0.3 is 10.1 Å². The monoisotopic (exact) mass is 343 g/mol. The molecular formula is C18H15ClFN3O. The summed E-state index contributed by atoms with van der Waals surface area (Å²) in [4.78, 5) is 8.43. The molecule has 2 atom stereocenters. The zero-order chi connectivity index (χ0) is 16.5. The third-order valence-corrected chi connectivity index (χ3v) is 4.25. The van der Waals surface area contributed by atoms with E-state index in [9.17, 15) is 4.39 Å². The van der Waals surface area contributed by atoms with Crippen LogP contribution in [0.2, 0.25) is 5.15 Å². The number of rotatable bonds is 5. The lowest BCUT2D eigenvalue weighted by Gasteiger charge is -2.10. The molecule has 0 aliphatic heterocycles. The number of aromatic nitrogens is 2. The summed E-state index contributed by atoms with van der Waals surface area (Å²) in [7, 11) is 0. The van der Waals surface area contributed by atoms with Gasteiger partial charge in [-0.2, -0.15) is 0 Å². The molecule has 0 amide bonds. The van der Waals surface area contributed by atoms with Gasteiger partial charge in [0.1, 0.15) is 22.9 Å². The topological polar surface area (TPSA) is 47.0 Å². The highest BCUT2D eigenvalue weighted by molar-refractivity contribution is 6.29. The molecule has 1 aromatic carbocycles. The fourth-order valence-corrected chi connectivity index (χ4v) is 2.63. The van der Waals surface area contributed by atoms with Crippen molar-refractivity contribution < 1.29 is 9.13 Å². The van der Waals surface area contributed by atoms with Crippen molar-refractivity contribution in [2.45, 2.75) is 12.6 Å². The van der Waals surface area contributed by atoms with E-state index in [1.54, 1.807) is 18.5 Å². The van der Waals surface area contributed by atoms with Gasteiger partial charge in [-0.3, -0.25) is 0 Å². The van der Waals surface area contributed by atoms with Gasteiger partial charge in [-0.15, -0.1) is 0 Å². The number of nitrogens with one attached hydrogen (secondary N) is 1. The number of hydrogen-bond donors (Lipinski definition) is 1. The Hall–Kier alpha value is -2.40. The summed E-state index contributed by atoms with van der Waals surface area (Å²) in [6, 6.07) is 11.3. The van der Waals surface area contributed by atoms with Crippen LogP contribution in [0, 0.1) is 5.92 Å². The molecule has 1 aliphatic carbocycles. The van der Waals surface area contributed by atoms with Crippen LogP contribution in [0.25, 0.3) is 10.8 Å². The fourth-order valence-electron chi connectivity index (χ4n) is 2.52. The molecule has 3 aromatic rings. The smallest absolute Gasteiger partial charge is 0.138 e. The van der Waals surface area contributed by atoms with E-state index in [0.717, 1.165) is 28.0 Å². The first-order valence-corrected chi connectivity index (χ1v) is 8.11. The van der Waals surface area contributed by atoms with E-state index in [-0.39, 0.29) is 5.92 Å². The fraction of sp³-hybridized carbons (Fsp3) is 0.222. The molecule has 0 bridgehead atoms. The molecule has 1 aliphatic rings. The summed E-state index contributed by atoms with van der Waals surface area (Å²) in [5.74, 6) is 1.52. The summed E-state index contributed by atoms with van der Waals surface area (Å²) >= 11 is 5.80. The Bertz CT molecular complexity index is 872. The van der Waals surface area contributed by atoms with Gasteiger partial charge in [-0.05, 0) is 48.2 Å². The van der Waals surface area contributed by atoms with Crippen LogP contribution < -0.4 is 10.1 Å². The third-order valence-electron chi connectivity index (χ3n) is 4.03. The van der Waals surface area contributed by atoms with E-state index in [2.05, 4.69) is 15.3 Å². The van der Waals surface area contributed by atoms with Gasteiger partial charge in [0.05, 0.1) is 18.5 Å². The number of alkyl halides is 1. The molecule has 2 heterocycles. The Morgan fingerprint density at radius 1 is 1.21 bits per heavy atom. The summed E-state index contributed by atoms with van der Waals surface area (Å²) < 4.78 is 18.6. The van der Waals surface area contributed by atoms with Crippen molar-refractivity contribution in [2.75, 3.05) is 11.9 Å². The summed E-state index contributed by atoms with van der Waals surface area (Å²) in [6.45, 7) is 0.430. The van der Waals surface area contributed by atoms with E-state index in [0.29, 0.717) is 18.2 Å². The number of anilines is 2. The predicted octanol–water partition coefficient (Wildman–Crippen LogP) is 4.76. The van der Waals surface area contributed by atoms with Crippen molar-refractivity contribution in [2.24, 2.45) is 5.92 Å². The quantitative estimate of drug-likeness (QED) is 0.678. The van der Waals surface area contributed by atoms with E-state index < -0.39 is 6.17 Å². The second kappa shape index (κ2) is 6.24. The molecule has 0 unspecified atom stereocenters. The van der Waals surface area contributed by atoms with Crippen LogP contribution in [-0.4, -0.2) is 22.7 Å².